The maximum atomic E-state index is 12.4. The molecular weight excluding hydrogens is 290 g/mol. The lowest BCUT2D eigenvalue weighted by molar-refractivity contribution is -0.129. The number of ether oxygens (including phenoxy) is 1. The standard InChI is InChI=1S/C15H22ClN3O2/c1-10(19-6-7-21-15(2,3)9-19)14(20)18-11-4-5-12(16)13(17)8-11/h4-5,8,10H,6-7,9,17H2,1-3H3,(H,18,20). The van der Waals surface area contributed by atoms with Crippen LogP contribution in [0.15, 0.2) is 18.2 Å². The number of nitrogens with zero attached hydrogens (tertiary/aromatic N) is 1. The fraction of sp³-hybridized carbons (Fsp3) is 0.533. The van der Waals surface area contributed by atoms with Gasteiger partial charge in [0.25, 0.3) is 0 Å². The van der Waals surface area contributed by atoms with Gasteiger partial charge in [-0.15, -0.1) is 0 Å². The van der Waals surface area contributed by atoms with Gasteiger partial charge in [0.2, 0.25) is 5.91 Å². The quantitative estimate of drug-likeness (QED) is 0.841. The Bertz CT molecular complexity index is 534. The van der Waals surface area contributed by atoms with Crippen molar-refractivity contribution in [3.05, 3.63) is 23.2 Å². The number of nitrogen functional groups attached to an aromatic ring is 1. The number of amides is 1. The lowest BCUT2D eigenvalue weighted by atomic mass is 10.1. The third kappa shape index (κ3) is 4.09. The molecule has 1 unspecified atom stereocenters. The summed E-state index contributed by atoms with van der Waals surface area (Å²) in [6, 6.07) is 4.85. The topological polar surface area (TPSA) is 67.6 Å². The molecule has 0 radical (unpaired) electrons. The van der Waals surface area contributed by atoms with Gasteiger partial charge >= 0.3 is 0 Å². The van der Waals surface area contributed by atoms with Crippen LogP contribution in [0, 0.1) is 0 Å². The van der Waals surface area contributed by atoms with Crippen molar-refractivity contribution in [2.75, 3.05) is 30.7 Å². The van der Waals surface area contributed by atoms with Crippen molar-refractivity contribution in [2.45, 2.75) is 32.4 Å². The van der Waals surface area contributed by atoms with Gasteiger partial charge in [0.1, 0.15) is 0 Å². The molecular formula is C15H22ClN3O2. The van der Waals surface area contributed by atoms with E-state index in [0.717, 1.165) is 13.1 Å². The third-order valence-corrected chi connectivity index (χ3v) is 3.99. The largest absolute Gasteiger partial charge is 0.397 e. The molecule has 1 atom stereocenters. The van der Waals surface area contributed by atoms with Crippen molar-refractivity contribution in [1.82, 2.24) is 4.90 Å². The molecule has 1 aromatic carbocycles. The number of anilines is 2. The molecule has 0 bridgehead atoms. The number of carbonyl (C=O) groups is 1. The highest BCUT2D eigenvalue weighted by Crippen LogP contribution is 2.23. The Morgan fingerprint density at radius 1 is 1.52 bits per heavy atom. The highest BCUT2D eigenvalue weighted by Gasteiger charge is 2.32. The molecule has 0 aromatic heterocycles. The van der Waals surface area contributed by atoms with Crippen LogP contribution in [0.1, 0.15) is 20.8 Å². The molecule has 0 saturated carbocycles. The van der Waals surface area contributed by atoms with Crippen molar-refractivity contribution in [2.24, 2.45) is 0 Å². The van der Waals surface area contributed by atoms with E-state index in [0.29, 0.717) is 23.0 Å². The summed E-state index contributed by atoms with van der Waals surface area (Å²) in [5.74, 6) is -0.0607. The smallest absolute Gasteiger partial charge is 0.241 e. The first-order chi connectivity index (χ1) is 9.78. The minimum atomic E-state index is -0.231. The van der Waals surface area contributed by atoms with Gasteiger partial charge in [-0.05, 0) is 39.0 Å². The Kier molecular flexibility index (Phi) is 4.76. The molecule has 5 nitrogen and oxygen atoms in total. The average molecular weight is 312 g/mol. The monoisotopic (exact) mass is 311 g/mol. The summed E-state index contributed by atoms with van der Waals surface area (Å²) >= 11 is 5.87. The zero-order chi connectivity index (χ0) is 15.6. The maximum absolute atomic E-state index is 12.4. The Labute approximate surface area is 130 Å². The predicted octanol–water partition coefficient (Wildman–Crippen LogP) is 2.36. The van der Waals surface area contributed by atoms with E-state index in [4.69, 9.17) is 22.1 Å². The number of halogens is 1. The number of morpholine rings is 1. The third-order valence-electron chi connectivity index (χ3n) is 3.65. The van der Waals surface area contributed by atoms with Gasteiger partial charge in [-0.2, -0.15) is 0 Å². The van der Waals surface area contributed by atoms with E-state index in [9.17, 15) is 4.79 Å². The number of hydrogen-bond donors (Lipinski definition) is 2. The molecule has 1 heterocycles. The number of hydrogen-bond acceptors (Lipinski definition) is 4. The summed E-state index contributed by atoms with van der Waals surface area (Å²) in [4.78, 5) is 14.5. The molecule has 1 fully saturated rings. The van der Waals surface area contributed by atoms with E-state index in [2.05, 4.69) is 10.2 Å². The second kappa shape index (κ2) is 6.22. The SMILES string of the molecule is CC(C(=O)Nc1ccc(Cl)c(N)c1)N1CCOC(C)(C)C1. The van der Waals surface area contributed by atoms with Crippen LogP contribution >= 0.6 is 11.6 Å². The molecule has 0 aliphatic carbocycles. The number of benzene rings is 1. The van der Waals surface area contributed by atoms with Gasteiger partial charge in [0.15, 0.2) is 0 Å². The van der Waals surface area contributed by atoms with Crippen LogP contribution in [0.2, 0.25) is 5.02 Å². The molecule has 1 aromatic rings. The van der Waals surface area contributed by atoms with Gasteiger partial charge < -0.3 is 15.8 Å². The summed E-state index contributed by atoms with van der Waals surface area (Å²) in [6.45, 7) is 8.08. The minimum absolute atomic E-state index is 0.0607. The molecule has 1 amide bonds. The van der Waals surface area contributed by atoms with Crippen molar-refractivity contribution < 1.29 is 9.53 Å². The predicted molar refractivity (Wildman–Crippen MR) is 85.6 cm³/mol. The summed E-state index contributed by atoms with van der Waals surface area (Å²) in [5.41, 5.74) is 6.62. The number of nitrogens with one attached hydrogen (secondary N) is 1. The van der Waals surface area contributed by atoms with Gasteiger partial charge in [0.05, 0.1) is 29.0 Å². The zero-order valence-corrected chi connectivity index (χ0v) is 13.4. The molecule has 1 saturated heterocycles. The number of nitrogens with two attached hydrogens (primary N) is 1. The van der Waals surface area contributed by atoms with Crippen LogP contribution in [0.3, 0.4) is 0 Å². The summed E-state index contributed by atoms with van der Waals surface area (Å²) < 4.78 is 5.67. The van der Waals surface area contributed by atoms with Crippen LogP contribution < -0.4 is 11.1 Å². The fourth-order valence-electron chi connectivity index (χ4n) is 2.42. The zero-order valence-electron chi connectivity index (χ0n) is 12.6. The fourth-order valence-corrected chi connectivity index (χ4v) is 2.54. The maximum Gasteiger partial charge on any atom is 0.241 e. The lowest BCUT2D eigenvalue weighted by Crippen LogP contribution is -2.54. The highest BCUT2D eigenvalue weighted by molar-refractivity contribution is 6.33. The molecule has 21 heavy (non-hydrogen) atoms. The van der Waals surface area contributed by atoms with Gasteiger partial charge in [-0.25, -0.2) is 0 Å². The Morgan fingerprint density at radius 3 is 2.86 bits per heavy atom. The molecule has 6 heteroatoms. The molecule has 3 N–H and O–H groups in total. The van der Waals surface area contributed by atoms with Gasteiger partial charge in [-0.1, -0.05) is 11.6 Å². The average Bonchev–Trinajstić information content (AvgIpc) is 2.41. The van der Waals surface area contributed by atoms with E-state index in [1.54, 1.807) is 18.2 Å². The van der Waals surface area contributed by atoms with E-state index < -0.39 is 0 Å². The van der Waals surface area contributed by atoms with Crippen LogP contribution in [-0.4, -0.2) is 42.1 Å². The molecule has 116 valence electrons. The van der Waals surface area contributed by atoms with Gasteiger partial charge in [-0.3, -0.25) is 9.69 Å². The number of rotatable bonds is 3. The van der Waals surface area contributed by atoms with Crippen LogP contribution in [0.4, 0.5) is 11.4 Å². The van der Waals surface area contributed by atoms with Gasteiger partial charge in [0, 0.05) is 18.8 Å². The second-order valence-corrected chi connectivity index (χ2v) is 6.39. The van der Waals surface area contributed by atoms with E-state index in [1.165, 1.54) is 0 Å². The van der Waals surface area contributed by atoms with Crippen molar-refractivity contribution >= 4 is 28.9 Å². The van der Waals surface area contributed by atoms with Crippen LogP contribution in [0.25, 0.3) is 0 Å². The first kappa shape index (κ1) is 16.1. The Balaban J connectivity index is 2.00. The van der Waals surface area contributed by atoms with E-state index in [1.807, 2.05) is 20.8 Å². The number of carbonyl (C=O) groups excluding carboxylic acids is 1. The molecule has 0 spiro atoms. The second-order valence-electron chi connectivity index (χ2n) is 5.98. The summed E-state index contributed by atoms with van der Waals surface area (Å²) in [6.07, 6.45) is 0. The Morgan fingerprint density at radius 2 is 2.24 bits per heavy atom. The van der Waals surface area contributed by atoms with Crippen molar-refractivity contribution in [1.29, 1.82) is 0 Å². The van der Waals surface area contributed by atoms with E-state index in [-0.39, 0.29) is 17.6 Å². The minimum Gasteiger partial charge on any atom is -0.397 e. The summed E-state index contributed by atoms with van der Waals surface area (Å²) in [7, 11) is 0. The van der Waals surface area contributed by atoms with Crippen LogP contribution in [0.5, 0.6) is 0 Å². The first-order valence-electron chi connectivity index (χ1n) is 7.02. The van der Waals surface area contributed by atoms with E-state index >= 15 is 0 Å². The van der Waals surface area contributed by atoms with Crippen molar-refractivity contribution in [3.63, 3.8) is 0 Å². The highest BCUT2D eigenvalue weighted by atomic mass is 35.5. The normalized spacial score (nSPS) is 20.0. The summed E-state index contributed by atoms with van der Waals surface area (Å²) in [5, 5.41) is 3.36. The molecule has 2 rings (SSSR count). The molecule has 1 aliphatic heterocycles. The Hall–Kier alpha value is -1.30. The van der Waals surface area contributed by atoms with Crippen molar-refractivity contribution in [3.8, 4) is 0 Å². The van der Waals surface area contributed by atoms with Crippen LogP contribution in [-0.2, 0) is 9.53 Å². The molecule has 1 aliphatic rings. The first-order valence-corrected chi connectivity index (χ1v) is 7.40. The lowest BCUT2D eigenvalue weighted by Gasteiger charge is -2.40.